The van der Waals surface area contributed by atoms with Crippen LogP contribution < -0.4 is 16.0 Å². The van der Waals surface area contributed by atoms with Gasteiger partial charge >= 0.3 is 6.09 Å². The first-order chi connectivity index (χ1) is 12.7. The van der Waals surface area contributed by atoms with E-state index in [9.17, 15) is 9.59 Å². The summed E-state index contributed by atoms with van der Waals surface area (Å²) in [6.45, 7) is 6.78. The van der Waals surface area contributed by atoms with Crippen LogP contribution in [0.4, 0.5) is 4.79 Å². The van der Waals surface area contributed by atoms with Gasteiger partial charge in [-0.3, -0.25) is 4.79 Å². The van der Waals surface area contributed by atoms with E-state index in [2.05, 4.69) is 20.9 Å². The number of hydrogen-bond donors (Lipinski definition) is 3. The van der Waals surface area contributed by atoms with Crippen molar-refractivity contribution in [2.75, 3.05) is 33.7 Å². The van der Waals surface area contributed by atoms with Crippen LogP contribution in [-0.2, 0) is 9.53 Å². The molecule has 0 atom stereocenters. The highest BCUT2D eigenvalue weighted by Crippen LogP contribution is 2.17. The van der Waals surface area contributed by atoms with Crippen molar-refractivity contribution in [3.63, 3.8) is 0 Å². The summed E-state index contributed by atoms with van der Waals surface area (Å²) >= 11 is 0. The average molecular weight is 384 g/mol. The fraction of sp³-hybridized carbons (Fsp3) is 0.842. The van der Waals surface area contributed by atoms with Crippen molar-refractivity contribution >= 4 is 18.0 Å². The van der Waals surface area contributed by atoms with Gasteiger partial charge in [0.1, 0.15) is 12.1 Å². The van der Waals surface area contributed by atoms with E-state index in [1.54, 1.807) is 14.1 Å². The highest BCUT2D eigenvalue weighted by atomic mass is 16.6. The van der Waals surface area contributed by atoms with Gasteiger partial charge < -0.3 is 25.6 Å². The molecule has 0 aromatic rings. The standard InChI is InChI=1S/C19H37N5O3/c1-19(2,3)27-18(26)21-13-9-12-20-17(22-14-16(25)24(4)5)23-15-10-7-6-8-11-15/h15H,6-14H2,1-5H3,(H,21,26)(H2,20,22,23). The number of carbonyl (C=O) groups is 2. The lowest BCUT2D eigenvalue weighted by Crippen LogP contribution is -2.45. The van der Waals surface area contributed by atoms with Crippen LogP contribution in [0.2, 0.25) is 0 Å². The molecule has 0 saturated heterocycles. The Hall–Kier alpha value is -1.99. The van der Waals surface area contributed by atoms with E-state index in [4.69, 9.17) is 4.74 Å². The molecule has 1 saturated carbocycles. The predicted octanol–water partition coefficient (Wildman–Crippen LogP) is 1.86. The number of carbonyl (C=O) groups excluding carboxylic acids is 2. The van der Waals surface area contributed by atoms with E-state index in [0.29, 0.717) is 25.1 Å². The second-order valence-corrected chi connectivity index (χ2v) is 8.14. The minimum atomic E-state index is -0.495. The fourth-order valence-electron chi connectivity index (χ4n) is 2.68. The summed E-state index contributed by atoms with van der Waals surface area (Å²) in [5.74, 6) is 0.626. The first-order valence-corrected chi connectivity index (χ1v) is 9.89. The molecule has 0 aromatic carbocycles. The molecule has 1 rings (SSSR count). The van der Waals surface area contributed by atoms with Crippen molar-refractivity contribution in [1.29, 1.82) is 0 Å². The number of alkyl carbamates (subject to hydrolysis) is 1. The zero-order valence-electron chi connectivity index (χ0n) is 17.6. The Morgan fingerprint density at radius 2 is 1.70 bits per heavy atom. The molecule has 0 aromatic heterocycles. The van der Waals surface area contributed by atoms with Crippen LogP contribution >= 0.6 is 0 Å². The van der Waals surface area contributed by atoms with Gasteiger partial charge in [0.2, 0.25) is 5.91 Å². The lowest BCUT2D eigenvalue weighted by atomic mass is 9.96. The van der Waals surface area contributed by atoms with Crippen molar-refractivity contribution in [2.45, 2.75) is 70.9 Å². The van der Waals surface area contributed by atoms with Crippen LogP contribution in [0.3, 0.4) is 0 Å². The van der Waals surface area contributed by atoms with Gasteiger partial charge in [0.25, 0.3) is 0 Å². The Bertz CT molecular complexity index is 494. The highest BCUT2D eigenvalue weighted by Gasteiger charge is 2.16. The molecule has 27 heavy (non-hydrogen) atoms. The Kier molecular flexibility index (Phi) is 9.96. The third kappa shape index (κ3) is 11.4. The third-order valence-electron chi connectivity index (χ3n) is 4.13. The van der Waals surface area contributed by atoms with Gasteiger partial charge in [0, 0.05) is 33.2 Å². The zero-order valence-corrected chi connectivity index (χ0v) is 17.6. The maximum absolute atomic E-state index is 11.8. The molecular formula is C19H37N5O3. The van der Waals surface area contributed by atoms with Crippen LogP contribution in [0, 0.1) is 0 Å². The summed E-state index contributed by atoms with van der Waals surface area (Å²) in [6.07, 6.45) is 6.31. The van der Waals surface area contributed by atoms with E-state index >= 15 is 0 Å². The lowest BCUT2D eigenvalue weighted by molar-refractivity contribution is -0.127. The quantitative estimate of drug-likeness (QED) is 0.354. The number of aliphatic imine (C=N–C) groups is 1. The molecule has 1 fully saturated rings. The van der Waals surface area contributed by atoms with Crippen molar-refractivity contribution < 1.29 is 14.3 Å². The molecule has 0 aliphatic heterocycles. The molecule has 8 heteroatoms. The Morgan fingerprint density at radius 1 is 1.07 bits per heavy atom. The largest absolute Gasteiger partial charge is 0.444 e. The van der Waals surface area contributed by atoms with Crippen molar-refractivity contribution in [2.24, 2.45) is 4.99 Å². The molecule has 1 aliphatic rings. The summed E-state index contributed by atoms with van der Waals surface area (Å²) in [7, 11) is 3.45. The van der Waals surface area contributed by atoms with E-state index in [0.717, 1.165) is 19.3 Å². The van der Waals surface area contributed by atoms with Gasteiger partial charge in [-0.2, -0.15) is 0 Å². The lowest BCUT2D eigenvalue weighted by Gasteiger charge is -2.25. The molecule has 0 heterocycles. The number of nitrogens with one attached hydrogen (secondary N) is 3. The maximum atomic E-state index is 11.8. The van der Waals surface area contributed by atoms with Gasteiger partial charge in [-0.25, -0.2) is 9.79 Å². The first kappa shape index (κ1) is 23.0. The number of hydrogen-bond acceptors (Lipinski definition) is 4. The number of rotatable bonds is 7. The van der Waals surface area contributed by atoms with Gasteiger partial charge in [-0.05, 0) is 40.0 Å². The topological polar surface area (TPSA) is 95.1 Å². The smallest absolute Gasteiger partial charge is 0.407 e. The highest BCUT2D eigenvalue weighted by molar-refractivity contribution is 5.84. The van der Waals surface area contributed by atoms with Crippen molar-refractivity contribution in [3.05, 3.63) is 0 Å². The zero-order chi connectivity index (χ0) is 20.3. The molecule has 8 nitrogen and oxygen atoms in total. The van der Waals surface area contributed by atoms with Crippen LogP contribution in [0.25, 0.3) is 0 Å². The van der Waals surface area contributed by atoms with Crippen molar-refractivity contribution in [3.8, 4) is 0 Å². The molecular weight excluding hydrogens is 346 g/mol. The van der Waals surface area contributed by atoms with Gasteiger partial charge in [-0.1, -0.05) is 19.3 Å². The van der Waals surface area contributed by atoms with E-state index in [-0.39, 0.29) is 12.5 Å². The molecule has 0 spiro atoms. The minimum Gasteiger partial charge on any atom is -0.444 e. The monoisotopic (exact) mass is 383 g/mol. The molecule has 0 bridgehead atoms. The number of amides is 2. The average Bonchev–Trinajstić information content (AvgIpc) is 2.58. The molecule has 1 aliphatic carbocycles. The summed E-state index contributed by atoms with van der Waals surface area (Å²) in [4.78, 5) is 29.4. The number of nitrogens with zero attached hydrogens (tertiary/aromatic N) is 2. The second kappa shape index (κ2) is 11.7. The van der Waals surface area contributed by atoms with Crippen LogP contribution in [-0.4, -0.2) is 68.2 Å². The number of guanidine groups is 1. The Balaban J connectivity index is 2.40. The minimum absolute atomic E-state index is 0.0358. The number of likely N-dealkylation sites (N-methyl/N-ethyl adjacent to an activating group) is 1. The van der Waals surface area contributed by atoms with E-state index in [1.165, 1.54) is 24.2 Å². The third-order valence-corrected chi connectivity index (χ3v) is 4.13. The normalized spacial score (nSPS) is 15.8. The summed E-state index contributed by atoms with van der Waals surface area (Å²) < 4.78 is 5.20. The molecule has 0 radical (unpaired) electrons. The summed E-state index contributed by atoms with van der Waals surface area (Å²) in [5, 5.41) is 9.43. The number of ether oxygens (including phenoxy) is 1. The fourth-order valence-corrected chi connectivity index (χ4v) is 2.68. The second-order valence-electron chi connectivity index (χ2n) is 8.14. The van der Waals surface area contributed by atoms with Crippen molar-refractivity contribution in [1.82, 2.24) is 20.9 Å². The van der Waals surface area contributed by atoms with Crippen LogP contribution in [0.1, 0.15) is 59.3 Å². The Labute approximate surface area is 163 Å². The molecule has 2 amide bonds. The summed E-state index contributed by atoms with van der Waals surface area (Å²) in [5.41, 5.74) is -0.495. The predicted molar refractivity (Wildman–Crippen MR) is 108 cm³/mol. The van der Waals surface area contributed by atoms with Gasteiger partial charge in [-0.15, -0.1) is 0 Å². The van der Waals surface area contributed by atoms with E-state index in [1.807, 2.05) is 20.8 Å². The van der Waals surface area contributed by atoms with Crippen LogP contribution in [0.5, 0.6) is 0 Å². The van der Waals surface area contributed by atoms with Gasteiger partial charge in [0.05, 0.1) is 0 Å². The van der Waals surface area contributed by atoms with E-state index < -0.39 is 11.7 Å². The maximum Gasteiger partial charge on any atom is 0.407 e. The molecule has 156 valence electrons. The van der Waals surface area contributed by atoms with Crippen LogP contribution in [0.15, 0.2) is 4.99 Å². The molecule has 3 N–H and O–H groups in total. The summed E-state index contributed by atoms with van der Waals surface area (Å²) in [6, 6.07) is 0.402. The van der Waals surface area contributed by atoms with Gasteiger partial charge in [0.15, 0.2) is 5.96 Å². The molecule has 0 unspecified atom stereocenters. The first-order valence-electron chi connectivity index (χ1n) is 9.89. The Morgan fingerprint density at radius 3 is 2.30 bits per heavy atom. The SMILES string of the molecule is CN(C)C(=O)CN=C(NCCCNC(=O)OC(C)(C)C)NC1CCCCC1.